The van der Waals surface area contributed by atoms with E-state index in [2.05, 4.69) is 15.6 Å². The van der Waals surface area contributed by atoms with Gasteiger partial charge in [0.15, 0.2) is 0 Å². The number of hydrogen-bond acceptors (Lipinski definition) is 6. The molecule has 1 atom stereocenters. The third-order valence-electron chi connectivity index (χ3n) is 3.98. The summed E-state index contributed by atoms with van der Waals surface area (Å²) >= 11 is 1.46. The third-order valence-corrected chi connectivity index (χ3v) is 6.83. The van der Waals surface area contributed by atoms with Gasteiger partial charge in [-0.3, -0.25) is 4.79 Å². The van der Waals surface area contributed by atoms with Crippen molar-refractivity contribution in [3.63, 3.8) is 0 Å². The van der Waals surface area contributed by atoms with Crippen molar-refractivity contribution in [1.29, 1.82) is 0 Å². The number of aromatic nitrogens is 1. The number of thiazole rings is 1. The van der Waals surface area contributed by atoms with E-state index in [-0.39, 0.29) is 16.8 Å². The van der Waals surface area contributed by atoms with E-state index in [1.165, 1.54) is 27.8 Å². The Hall–Kier alpha value is -1.81. The normalized spacial score (nSPS) is 17.2. The number of rotatable bonds is 5. The van der Waals surface area contributed by atoms with Gasteiger partial charge in [-0.25, -0.2) is 13.4 Å². The van der Waals surface area contributed by atoms with Gasteiger partial charge in [-0.2, -0.15) is 4.31 Å². The molecule has 0 radical (unpaired) electrons. The first kappa shape index (κ1) is 18.0. The molecule has 0 spiro atoms. The van der Waals surface area contributed by atoms with E-state index in [0.717, 1.165) is 5.01 Å². The zero-order valence-electron chi connectivity index (χ0n) is 13.8. The zero-order chi connectivity index (χ0) is 17.9. The molecular weight excluding hydrogens is 360 g/mol. The van der Waals surface area contributed by atoms with E-state index in [1.807, 2.05) is 12.3 Å². The zero-order valence-corrected chi connectivity index (χ0v) is 15.4. The minimum absolute atomic E-state index is 0.143. The summed E-state index contributed by atoms with van der Waals surface area (Å²) < 4.78 is 26.9. The first-order valence-electron chi connectivity index (χ1n) is 7.99. The van der Waals surface area contributed by atoms with Gasteiger partial charge in [0, 0.05) is 43.3 Å². The standard InChI is InChI=1S/C16H20N4O3S2/c1-12(16-18-7-10-24-16)19-15(21)13-3-2-4-14(11-13)25(22,23)20-8-5-17-6-9-20/h2-4,7,10-12,17H,5-6,8-9H2,1H3,(H,19,21)/t12-/m1/s1. The maximum absolute atomic E-state index is 12.7. The molecule has 3 rings (SSSR count). The lowest BCUT2D eigenvalue weighted by Crippen LogP contribution is -2.46. The minimum Gasteiger partial charge on any atom is -0.343 e. The number of amides is 1. The molecule has 0 aliphatic carbocycles. The van der Waals surface area contributed by atoms with E-state index in [0.29, 0.717) is 31.7 Å². The van der Waals surface area contributed by atoms with Gasteiger partial charge in [-0.05, 0) is 25.1 Å². The predicted octanol–water partition coefficient (Wildman–Crippen LogP) is 1.23. The molecule has 0 unspecified atom stereocenters. The van der Waals surface area contributed by atoms with Crippen LogP contribution in [0.25, 0.3) is 0 Å². The molecule has 1 amide bonds. The molecule has 1 saturated heterocycles. The van der Waals surface area contributed by atoms with Gasteiger partial charge >= 0.3 is 0 Å². The molecule has 1 aliphatic rings. The Labute approximate surface area is 151 Å². The number of benzene rings is 1. The topological polar surface area (TPSA) is 91.4 Å². The van der Waals surface area contributed by atoms with Crippen LogP contribution in [0, 0.1) is 0 Å². The van der Waals surface area contributed by atoms with Crippen LogP contribution in [-0.2, 0) is 10.0 Å². The lowest BCUT2D eigenvalue weighted by Gasteiger charge is -2.26. The van der Waals surface area contributed by atoms with E-state index in [1.54, 1.807) is 18.3 Å². The average Bonchev–Trinajstić information content (AvgIpc) is 3.17. The van der Waals surface area contributed by atoms with Crippen LogP contribution >= 0.6 is 11.3 Å². The summed E-state index contributed by atoms with van der Waals surface area (Å²) in [4.78, 5) is 16.8. The number of nitrogens with zero attached hydrogens (tertiary/aromatic N) is 2. The molecule has 2 heterocycles. The quantitative estimate of drug-likeness (QED) is 0.814. The second-order valence-corrected chi connectivity index (χ2v) is 8.61. The van der Waals surface area contributed by atoms with Crippen molar-refractivity contribution in [2.75, 3.05) is 26.2 Å². The smallest absolute Gasteiger partial charge is 0.251 e. The Kier molecular flexibility index (Phi) is 5.48. The summed E-state index contributed by atoms with van der Waals surface area (Å²) in [6.07, 6.45) is 1.68. The van der Waals surface area contributed by atoms with Crippen LogP contribution in [0.2, 0.25) is 0 Å². The van der Waals surface area contributed by atoms with Gasteiger partial charge in [-0.15, -0.1) is 11.3 Å². The Balaban J connectivity index is 1.77. The number of nitrogens with one attached hydrogen (secondary N) is 2. The number of carbonyl (C=O) groups is 1. The highest BCUT2D eigenvalue weighted by molar-refractivity contribution is 7.89. The first-order valence-corrected chi connectivity index (χ1v) is 10.3. The molecular formula is C16H20N4O3S2. The average molecular weight is 380 g/mol. The Morgan fingerprint density at radius 1 is 1.36 bits per heavy atom. The van der Waals surface area contributed by atoms with Crippen molar-refractivity contribution in [2.24, 2.45) is 0 Å². The van der Waals surface area contributed by atoms with Crippen molar-refractivity contribution in [2.45, 2.75) is 17.9 Å². The number of hydrogen-bond donors (Lipinski definition) is 2. The van der Waals surface area contributed by atoms with Gasteiger partial charge in [0.1, 0.15) is 5.01 Å². The second-order valence-electron chi connectivity index (χ2n) is 5.75. The molecule has 1 aliphatic heterocycles. The fourth-order valence-corrected chi connectivity index (χ4v) is 4.76. The van der Waals surface area contributed by atoms with Crippen molar-refractivity contribution >= 4 is 27.3 Å². The fourth-order valence-electron chi connectivity index (χ4n) is 2.62. The summed E-state index contributed by atoms with van der Waals surface area (Å²) in [5.41, 5.74) is 0.319. The molecule has 2 aromatic rings. The largest absolute Gasteiger partial charge is 0.343 e. The molecule has 9 heteroatoms. The van der Waals surface area contributed by atoms with Gasteiger partial charge < -0.3 is 10.6 Å². The number of piperazine rings is 1. The van der Waals surface area contributed by atoms with Crippen LogP contribution in [0.3, 0.4) is 0 Å². The van der Waals surface area contributed by atoms with Crippen LogP contribution in [0.5, 0.6) is 0 Å². The fraction of sp³-hybridized carbons (Fsp3) is 0.375. The highest BCUT2D eigenvalue weighted by atomic mass is 32.2. The predicted molar refractivity (Wildman–Crippen MR) is 96.1 cm³/mol. The minimum atomic E-state index is -3.59. The molecule has 1 aromatic heterocycles. The van der Waals surface area contributed by atoms with Crippen LogP contribution in [0.4, 0.5) is 0 Å². The van der Waals surface area contributed by atoms with Crippen molar-refractivity contribution in [1.82, 2.24) is 19.9 Å². The van der Waals surface area contributed by atoms with Gasteiger partial charge in [-0.1, -0.05) is 6.07 Å². The summed E-state index contributed by atoms with van der Waals surface area (Å²) in [6.45, 7) is 3.97. The summed E-state index contributed by atoms with van der Waals surface area (Å²) in [5, 5.41) is 8.62. The van der Waals surface area contributed by atoms with E-state index in [4.69, 9.17) is 0 Å². The second kappa shape index (κ2) is 7.61. The van der Waals surface area contributed by atoms with E-state index in [9.17, 15) is 13.2 Å². The van der Waals surface area contributed by atoms with Crippen LogP contribution in [-0.4, -0.2) is 49.8 Å². The molecule has 0 saturated carbocycles. The molecule has 1 fully saturated rings. The maximum atomic E-state index is 12.7. The molecule has 2 N–H and O–H groups in total. The summed E-state index contributed by atoms with van der Waals surface area (Å²) in [6, 6.07) is 5.93. The van der Waals surface area contributed by atoms with Crippen LogP contribution in [0.15, 0.2) is 40.7 Å². The number of carbonyl (C=O) groups excluding carboxylic acids is 1. The Morgan fingerprint density at radius 2 is 2.12 bits per heavy atom. The Bertz CT molecular complexity index is 831. The van der Waals surface area contributed by atoms with Crippen molar-refractivity contribution in [3.8, 4) is 0 Å². The molecule has 25 heavy (non-hydrogen) atoms. The Morgan fingerprint density at radius 3 is 2.80 bits per heavy atom. The van der Waals surface area contributed by atoms with E-state index < -0.39 is 10.0 Å². The highest BCUT2D eigenvalue weighted by Gasteiger charge is 2.26. The lowest BCUT2D eigenvalue weighted by atomic mass is 10.2. The van der Waals surface area contributed by atoms with Gasteiger partial charge in [0.2, 0.25) is 10.0 Å². The van der Waals surface area contributed by atoms with Gasteiger partial charge in [0.05, 0.1) is 10.9 Å². The van der Waals surface area contributed by atoms with Crippen molar-refractivity contribution in [3.05, 3.63) is 46.4 Å². The summed E-state index contributed by atoms with van der Waals surface area (Å²) in [7, 11) is -3.59. The summed E-state index contributed by atoms with van der Waals surface area (Å²) in [5.74, 6) is -0.319. The maximum Gasteiger partial charge on any atom is 0.251 e. The molecule has 7 nitrogen and oxygen atoms in total. The lowest BCUT2D eigenvalue weighted by molar-refractivity contribution is 0.0939. The van der Waals surface area contributed by atoms with Crippen molar-refractivity contribution < 1.29 is 13.2 Å². The SMILES string of the molecule is C[C@@H](NC(=O)c1cccc(S(=O)(=O)N2CCNCC2)c1)c1nccs1. The van der Waals surface area contributed by atoms with E-state index >= 15 is 0 Å². The number of sulfonamides is 1. The highest BCUT2D eigenvalue weighted by Crippen LogP contribution is 2.19. The molecule has 134 valence electrons. The molecule has 1 aromatic carbocycles. The van der Waals surface area contributed by atoms with Crippen LogP contribution in [0.1, 0.15) is 28.3 Å². The van der Waals surface area contributed by atoms with Gasteiger partial charge in [0.25, 0.3) is 5.91 Å². The monoisotopic (exact) mass is 380 g/mol. The third kappa shape index (κ3) is 4.06. The van der Waals surface area contributed by atoms with Crippen LogP contribution < -0.4 is 10.6 Å². The first-order chi connectivity index (χ1) is 12.0. The molecule has 0 bridgehead atoms.